The highest BCUT2D eigenvalue weighted by atomic mass is 32.1. The number of hydrogen-bond donors (Lipinski definition) is 1. The van der Waals surface area contributed by atoms with E-state index in [2.05, 4.69) is 14.9 Å². The molecule has 0 aliphatic carbocycles. The van der Waals surface area contributed by atoms with Gasteiger partial charge in [0.25, 0.3) is 0 Å². The fourth-order valence-electron chi connectivity index (χ4n) is 1.47. The molecule has 5 nitrogen and oxygen atoms in total. The molecule has 0 aliphatic rings. The Morgan fingerprint density at radius 1 is 1.50 bits per heavy atom. The van der Waals surface area contributed by atoms with Crippen molar-refractivity contribution < 1.29 is 9.57 Å². The Bertz CT molecular complexity index is 452. The topological polar surface area (TPSA) is 47.8 Å². The molecule has 0 atom stereocenters. The quantitative estimate of drug-likeness (QED) is 0.613. The van der Waals surface area contributed by atoms with Crippen LogP contribution in [0.1, 0.15) is 11.4 Å². The lowest BCUT2D eigenvalue weighted by Gasteiger charge is -2.05. The fraction of sp³-hybridized carbons (Fsp3) is 0.500. The number of nitrogens with zero attached hydrogens (tertiary/aromatic N) is 2. The van der Waals surface area contributed by atoms with Crippen LogP contribution in [0.4, 0.5) is 0 Å². The molecule has 2 heterocycles. The van der Waals surface area contributed by atoms with Crippen molar-refractivity contribution in [3.8, 4) is 0 Å². The first-order valence-corrected chi connectivity index (χ1v) is 5.95. The zero-order chi connectivity index (χ0) is 11.4. The molecule has 0 saturated heterocycles. The van der Waals surface area contributed by atoms with Crippen LogP contribution in [0.2, 0.25) is 0 Å². The van der Waals surface area contributed by atoms with E-state index in [1.807, 2.05) is 18.5 Å². The third-order valence-electron chi connectivity index (χ3n) is 2.29. The molecule has 0 bridgehead atoms. The van der Waals surface area contributed by atoms with Crippen molar-refractivity contribution in [2.75, 3.05) is 20.3 Å². The van der Waals surface area contributed by atoms with Gasteiger partial charge in [0.15, 0.2) is 4.96 Å². The molecule has 0 saturated carbocycles. The van der Waals surface area contributed by atoms with Gasteiger partial charge in [-0.05, 0) is 6.92 Å². The first-order chi connectivity index (χ1) is 7.83. The lowest BCUT2D eigenvalue weighted by atomic mass is 10.3. The lowest BCUT2D eigenvalue weighted by molar-refractivity contribution is 0.00282. The van der Waals surface area contributed by atoms with Gasteiger partial charge in [0, 0.05) is 18.7 Å². The Balaban J connectivity index is 1.93. The Hall–Kier alpha value is -0.950. The maximum absolute atomic E-state index is 5.22. The summed E-state index contributed by atoms with van der Waals surface area (Å²) in [5.74, 6) is 0. The van der Waals surface area contributed by atoms with E-state index in [9.17, 15) is 0 Å². The van der Waals surface area contributed by atoms with Gasteiger partial charge in [-0.3, -0.25) is 9.24 Å². The Morgan fingerprint density at radius 3 is 3.19 bits per heavy atom. The van der Waals surface area contributed by atoms with E-state index < -0.39 is 0 Å². The monoisotopic (exact) mass is 241 g/mol. The van der Waals surface area contributed by atoms with Crippen molar-refractivity contribution in [3.63, 3.8) is 0 Å². The van der Waals surface area contributed by atoms with Gasteiger partial charge in [0.2, 0.25) is 0 Å². The summed E-state index contributed by atoms with van der Waals surface area (Å²) >= 11 is 1.63. The number of ether oxygens (including phenoxy) is 1. The minimum Gasteiger partial charge on any atom is -0.382 e. The van der Waals surface area contributed by atoms with Crippen molar-refractivity contribution >= 4 is 16.3 Å². The molecule has 0 aromatic carbocycles. The number of methoxy groups -OCH3 is 1. The lowest BCUT2D eigenvalue weighted by Crippen LogP contribution is -2.18. The number of hydroxylamine groups is 1. The van der Waals surface area contributed by atoms with Crippen LogP contribution in [0.25, 0.3) is 4.96 Å². The van der Waals surface area contributed by atoms with Crippen LogP contribution >= 0.6 is 11.3 Å². The van der Waals surface area contributed by atoms with Crippen LogP contribution < -0.4 is 5.48 Å². The highest BCUT2D eigenvalue weighted by Crippen LogP contribution is 2.16. The minimum atomic E-state index is 0.543. The van der Waals surface area contributed by atoms with E-state index >= 15 is 0 Å². The van der Waals surface area contributed by atoms with Gasteiger partial charge in [-0.2, -0.15) is 5.48 Å². The summed E-state index contributed by atoms with van der Waals surface area (Å²) in [6, 6.07) is 0. The number of imidazole rings is 1. The molecule has 0 unspecified atom stereocenters. The average molecular weight is 241 g/mol. The smallest absolute Gasteiger partial charge is 0.194 e. The van der Waals surface area contributed by atoms with Crippen molar-refractivity contribution in [1.82, 2.24) is 14.9 Å². The van der Waals surface area contributed by atoms with Gasteiger partial charge < -0.3 is 4.74 Å². The molecule has 16 heavy (non-hydrogen) atoms. The summed E-state index contributed by atoms with van der Waals surface area (Å²) in [5.41, 5.74) is 5.08. The SMILES string of the molecule is COCCONCc1c(C)nc2sccn12. The minimum absolute atomic E-state index is 0.543. The van der Waals surface area contributed by atoms with Gasteiger partial charge >= 0.3 is 0 Å². The third kappa shape index (κ3) is 2.41. The summed E-state index contributed by atoms with van der Waals surface area (Å²) in [7, 11) is 1.65. The Labute approximate surface area is 98.0 Å². The molecular weight excluding hydrogens is 226 g/mol. The summed E-state index contributed by atoms with van der Waals surface area (Å²) in [4.78, 5) is 10.7. The molecule has 2 aromatic heterocycles. The van der Waals surface area contributed by atoms with Crippen molar-refractivity contribution in [1.29, 1.82) is 0 Å². The normalized spacial score (nSPS) is 11.4. The second-order valence-corrected chi connectivity index (χ2v) is 4.23. The van der Waals surface area contributed by atoms with Gasteiger partial charge in [0.1, 0.15) is 0 Å². The number of nitrogens with one attached hydrogen (secondary N) is 1. The first kappa shape index (κ1) is 11.5. The number of hydrogen-bond acceptors (Lipinski definition) is 5. The first-order valence-electron chi connectivity index (χ1n) is 5.07. The highest BCUT2D eigenvalue weighted by molar-refractivity contribution is 7.15. The molecule has 2 rings (SSSR count). The molecule has 0 radical (unpaired) electrons. The van der Waals surface area contributed by atoms with Gasteiger partial charge in [0.05, 0.1) is 31.1 Å². The summed E-state index contributed by atoms with van der Waals surface area (Å²) in [6.07, 6.45) is 2.02. The van der Waals surface area contributed by atoms with Crippen molar-refractivity contribution in [2.45, 2.75) is 13.5 Å². The number of rotatable bonds is 6. The van der Waals surface area contributed by atoms with Crippen LogP contribution in [0.5, 0.6) is 0 Å². The van der Waals surface area contributed by atoms with Crippen LogP contribution in [-0.2, 0) is 16.1 Å². The molecule has 0 spiro atoms. The van der Waals surface area contributed by atoms with Gasteiger partial charge in [-0.1, -0.05) is 0 Å². The van der Waals surface area contributed by atoms with Crippen LogP contribution in [-0.4, -0.2) is 29.7 Å². The highest BCUT2D eigenvalue weighted by Gasteiger charge is 2.08. The van der Waals surface area contributed by atoms with Crippen molar-refractivity contribution in [3.05, 3.63) is 23.0 Å². The standard InChI is InChI=1S/C10H15N3O2S/c1-8-9(7-11-15-5-4-14-2)13-3-6-16-10(13)12-8/h3,6,11H,4-5,7H2,1-2H3. The van der Waals surface area contributed by atoms with Crippen LogP contribution in [0.3, 0.4) is 0 Å². The molecule has 88 valence electrons. The third-order valence-corrected chi connectivity index (χ3v) is 3.05. The molecule has 1 N–H and O–H groups in total. The van der Waals surface area contributed by atoms with E-state index in [0.717, 1.165) is 16.3 Å². The largest absolute Gasteiger partial charge is 0.382 e. The number of aryl methyl sites for hydroxylation is 1. The molecule has 0 fully saturated rings. The van der Waals surface area contributed by atoms with E-state index in [4.69, 9.17) is 9.57 Å². The van der Waals surface area contributed by atoms with E-state index in [1.165, 1.54) is 0 Å². The second kappa shape index (κ2) is 5.40. The van der Waals surface area contributed by atoms with E-state index in [1.54, 1.807) is 18.4 Å². The number of thiazole rings is 1. The number of aromatic nitrogens is 2. The predicted molar refractivity (Wildman–Crippen MR) is 62.5 cm³/mol. The fourth-order valence-corrected chi connectivity index (χ4v) is 2.25. The number of fused-ring (bicyclic) bond motifs is 1. The molecule has 0 aliphatic heterocycles. The van der Waals surface area contributed by atoms with Crippen molar-refractivity contribution in [2.24, 2.45) is 0 Å². The Kier molecular flexibility index (Phi) is 3.89. The summed E-state index contributed by atoms with van der Waals surface area (Å²) in [5, 5.41) is 2.02. The summed E-state index contributed by atoms with van der Waals surface area (Å²) < 4.78 is 6.96. The Morgan fingerprint density at radius 2 is 2.38 bits per heavy atom. The molecule has 0 amide bonds. The second-order valence-electron chi connectivity index (χ2n) is 3.36. The summed E-state index contributed by atoms with van der Waals surface area (Å²) in [6.45, 7) is 3.78. The predicted octanol–water partition coefficient (Wildman–Crippen LogP) is 1.37. The zero-order valence-corrected chi connectivity index (χ0v) is 10.2. The maximum atomic E-state index is 5.22. The van der Waals surface area contributed by atoms with E-state index in [-0.39, 0.29) is 0 Å². The van der Waals surface area contributed by atoms with Gasteiger partial charge in [-0.15, -0.1) is 11.3 Å². The van der Waals surface area contributed by atoms with Crippen LogP contribution in [0.15, 0.2) is 11.6 Å². The van der Waals surface area contributed by atoms with E-state index in [0.29, 0.717) is 19.8 Å². The molecular formula is C10H15N3O2S. The molecule has 6 heteroatoms. The maximum Gasteiger partial charge on any atom is 0.194 e. The molecule has 2 aromatic rings. The van der Waals surface area contributed by atoms with Crippen LogP contribution in [0, 0.1) is 6.92 Å². The van der Waals surface area contributed by atoms with Gasteiger partial charge in [-0.25, -0.2) is 4.98 Å². The zero-order valence-electron chi connectivity index (χ0n) is 9.40. The average Bonchev–Trinajstić information content (AvgIpc) is 2.80.